The standard InChI is InChI=1S/C24H20N2O5S/c1-15-19-21(32-20(15)24(29)31-13-16-7-4-3-5-8-16)25-14-26(22(19)27)12-17-9-6-10-18(11-17)23(28)30-2/h3-11,14H,12-13H2,1-2H3. The van der Waals surface area contributed by atoms with Crippen molar-refractivity contribution in [3.05, 3.63) is 98.4 Å². The predicted octanol–water partition coefficient (Wildman–Crippen LogP) is 3.96. The van der Waals surface area contributed by atoms with Crippen molar-refractivity contribution in [2.45, 2.75) is 20.1 Å². The summed E-state index contributed by atoms with van der Waals surface area (Å²) in [5, 5.41) is 0.397. The van der Waals surface area contributed by atoms with Gasteiger partial charge in [0.05, 0.1) is 30.9 Å². The van der Waals surface area contributed by atoms with Gasteiger partial charge in [-0.15, -0.1) is 11.3 Å². The molecule has 0 bridgehead atoms. The zero-order valence-electron chi connectivity index (χ0n) is 17.5. The molecule has 0 atom stereocenters. The van der Waals surface area contributed by atoms with Crippen molar-refractivity contribution in [3.63, 3.8) is 0 Å². The Morgan fingerprint density at radius 3 is 2.53 bits per heavy atom. The summed E-state index contributed by atoms with van der Waals surface area (Å²) >= 11 is 1.15. The first-order chi connectivity index (χ1) is 15.5. The Morgan fingerprint density at radius 1 is 1.03 bits per heavy atom. The number of thiophene rings is 1. The van der Waals surface area contributed by atoms with Crippen LogP contribution in [-0.2, 0) is 22.6 Å². The molecule has 2 aromatic heterocycles. The van der Waals surface area contributed by atoms with Crippen molar-refractivity contribution in [2.75, 3.05) is 7.11 Å². The van der Waals surface area contributed by atoms with Crippen LogP contribution < -0.4 is 5.56 Å². The number of aromatic nitrogens is 2. The molecule has 0 radical (unpaired) electrons. The molecule has 0 aliphatic rings. The third-order valence-corrected chi connectivity index (χ3v) is 6.20. The lowest BCUT2D eigenvalue weighted by Gasteiger charge is -2.07. The molecule has 0 saturated carbocycles. The van der Waals surface area contributed by atoms with Crippen molar-refractivity contribution in [3.8, 4) is 0 Å². The number of hydrogen-bond donors (Lipinski definition) is 0. The number of ether oxygens (including phenoxy) is 2. The number of rotatable bonds is 6. The second-order valence-corrected chi connectivity index (χ2v) is 8.17. The molecule has 0 spiro atoms. The molecule has 2 heterocycles. The molecule has 32 heavy (non-hydrogen) atoms. The maximum atomic E-state index is 13.1. The van der Waals surface area contributed by atoms with Crippen molar-refractivity contribution >= 4 is 33.5 Å². The molecule has 0 amide bonds. The first-order valence-electron chi connectivity index (χ1n) is 9.84. The second kappa shape index (κ2) is 9.15. The van der Waals surface area contributed by atoms with E-state index in [-0.39, 0.29) is 18.7 Å². The molecule has 4 aromatic rings. The summed E-state index contributed by atoms with van der Waals surface area (Å²) in [7, 11) is 1.32. The van der Waals surface area contributed by atoms with Gasteiger partial charge in [-0.05, 0) is 35.7 Å². The van der Waals surface area contributed by atoms with E-state index in [0.717, 1.165) is 22.5 Å². The summed E-state index contributed by atoms with van der Waals surface area (Å²) in [5.41, 5.74) is 2.34. The van der Waals surface area contributed by atoms with Gasteiger partial charge in [0.1, 0.15) is 16.3 Å². The van der Waals surface area contributed by atoms with E-state index in [1.54, 1.807) is 25.1 Å². The first kappa shape index (κ1) is 21.5. The fraction of sp³-hybridized carbons (Fsp3) is 0.167. The molecule has 0 aliphatic heterocycles. The van der Waals surface area contributed by atoms with Gasteiger partial charge in [-0.25, -0.2) is 14.6 Å². The summed E-state index contributed by atoms with van der Waals surface area (Å²) in [5.74, 6) is -0.925. The summed E-state index contributed by atoms with van der Waals surface area (Å²) < 4.78 is 11.6. The van der Waals surface area contributed by atoms with Gasteiger partial charge in [-0.2, -0.15) is 0 Å². The Morgan fingerprint density at radius 2 is 1.78 bits per heavy atom. The maximum Gasteiger partial charge on any atom is 0.349 e. The normalized spacial score (nSPS) is 10.8. The molecule has 0 saturated heterocycles. The molecule has 0 aliphatic carbocycles. The van der Waals surface area contributed by atoms with Crippen LogP contribution in [0.5, 0.6) is 0 Å². The first-order valence-corrected chi connectivity index (χ1v) is 10.7. The molecule has 0 unspecified atom stereocenters. The molecule has 0 N–H and O–H groups in total. The van der Waals surface area contributed by atoms with Gasteiger partial charge in [0.25, 0.3) is 5.56 Å². The highest BCUT2D eigenvalue weighted by Gasteiger charge is 2.21. The zero-order chi connectivity index (χ0) is 22.7. The minimum atomic E-state index is -0.480. The van der Waals surface area contributed by atoms with Crippen LogP contribution in [0.25, 0.3) is 10.2 Å². The highest BCUT2D eigenvalue weighted by atomic mass is 32.1. The summed E-state index contributed by atoms with van der Waals surface area (Å²) in [4.78, 5) is 42.8. The number of carbonyl (C=O) groups is 2. The second-order valence-electron chi connectivity index (χ2n) is 7.17. The summed E-state index contributed by atoms with van der Waals surface area (Å²) in [6.07, 6.45) is 1.45. The SMILES string of the molecule is COC(=O)c1cccc(Cn2cnc3sc(C(=O)OCc4ccccc4)c(C)c3c2=O)c1. The van der Waals surface area contributed by atoms with E-state index in [4.69, 9.17) is 9.47 Å². The fourth-order valence-electron chi connectivity index (χ4n) is 3.37. The van der Waals surface area contributed by atoms with E-state index in [9.17, 15) is 14.4 Å². The van der Waals surface area contributed by atoms with E-state index >= 15 is 0 Å². The smallest absolute Gasteiger partial charge is 0.349 e. The van der Waals surface area contributed by atoms with Crippen LogP contribution in [0.2, 0.25) is 0 Å². The predicted molar refractivity (Wildman–Crippen MR) is 121 cm³/mol. The highest BCUT2D eigenvalue weighted by Crippen LogP contribution is 2.27. The number of esters is 2. The number of nitrogens with zero attached hydrogens (tertiary/aromatic N) is 2. The third kappa shape index (κ3) is 4.31. The van der Waals surface area contributed by atoms with Crippen LogP contribution in [-0.4, -0.2) is 28.6 Å². The number of carbonyl (C=O) groups excluding carboxylic acids is 2. The van der Waals surface area contributed by atoms with Crippen LogP contribution in [0, 0.1) is 6.92 Å². The van der Waals surface area contributed by atoms with Crippen LogP contribution in [0.4, 0.5) is 0 Å². The molecule has 162 valence electrons. The minimum Gasteiger partial charge on any atom is -0.465 e. The van der Waals surface area contributed by atoms with Crippen LogP contribution in [0.3, 0.4) is 0 Å². The molecule has 4 rings (SSSR count). The molecule has 7 nitrogen and oxygen atoms in total. The van der Waals surface area contributed by atoms with Gasteiger partial charge in [-0.1, -0.05) is 42.5 Å². The molecular formula is C24H20N2O5S. The van der Waals surface area contributed by atoms with Crippen molar-refractivity contribution < 1.29 is 19.1 Å². The zero-order valence-corrected chi connectivity index (χ0v) is 18.3. The molecule has 2 aromatic carbocycles. The minimum absolute atomic E-state index is 0.154. The Hall–Kier alpha value is -3.78. The van der Waals surface area contributed by atoms with Crippen molar-refractivity contribution in [2.24, 2.45) is 0 Å². The average molecular weight is 449 g/mol. The monoisotopic (exact) mass is 448 g/mol. The van der Waals surface area contributed by atoms with Crippen LogP contribution >= 0.6 is 11.3 Å². The van der Waals surface area contributed by atoms with E-state index < -0.39 is 11.9 Å². The number of hydrogen-bond acceptors (Lipinski definition) is 7. The van der Waals surface area contributed by atoms with Crippen molar-refractivity contribution in [1.82, 2.24) is 9.55 Å². The molecule has 0 fully saturated rings. The lowest BCUT2D eigenvalue weighted by atomic mass is 10.1. The van der Waals surface area contributed by atoms with E-state index in [0.29, 0.717) is 26.2 Å². The van der Waals surface area contributed by atoms with Gasteiger partial charge < -0.3 is 9.47 Å². The van der Waals surface area contributed by atoms with Gasteiger partial charge >= 0.3 is 11.9 Å². The average Bonchev–Trinajstić information content (AvgIpc) is 3.16. The molecule has 8 heteroatoms. The summed E-state index contributed by atoms with van der Waals surface area (Å²) in [6.45, 7) is 2.11. The van der Waals surface area contributed by atoms with Crippen LogP contribution in [0.1, 0.15) is 36.7 Å². The Bertz CT molecular complexity index is 1360. The lowest BCUT2D eigenvalue weighted by Crippen LogP contribution is -2.21. The van der Waals surface area contributed by atoms with E-state index in [2.05, 4.69) is 4.98 Å². The number of fused-ring (bicyclic) bond motifs is 1. The number of benzene rings is 2. The highest BCUT2D eigenvalue weighted by molar-refractivity contribution is 7.20. The lowest BCUT2D eigenvalue weighted by molar-refractivity contribution is 0.0477. The topological polar surface area (TPSA) is 87.5 Å². The van der Waals surface area contributed by atoms with E-state index in [1.807, 2.05) is 36.4 Å². The third-order valence-electron chi connectivity index (χ3n) is 5.02. The van der Waals surface area contributed by atoms with Gasteiger partial charge in [0.15, 0.2) is 0 Å². The quantitative estimate of drug-likeness (QED) is 0.415. The maximum absolute atomic E-state index is 13.1. The number of aryl methyl sites for hydroxylation is 1. The molecular weight excluding hydrogens is 428 g/mol. The Labute approximate surface area is 187 Å². The van der Waals surface area contributed by atoms with Crippen LogP contribution in [0.15, 0.2) is 65.7 Å². The Balaban J connectivity index is 1.60. The van der Waals surface area contributed by atoms with E-state index in [1.165, 1.54) is 18.0 Å². The van der Waals surface area contributed by atoms with Gasteiger partial charge in [0.2, 0.25) is 0 Å². The van der Waals surface area contributed by atoms with Crippen molar-refractivity contribution in [1.29, 1.82) is 0 Å². The largest absolute Gasteiger partial charge is 0.465 e. The van der Waals surface area contributed by atoms with Gasteiger partial charge in [-0.3, -0.25) is 9.36 Å². The van der Waals surface area contributed by atoms with Gasteiger partial charge in [0, 0.05) is 0 Å². The number of methoxy groups -OCH3 is 1. The summed E-state index contributed by atoms with van der Waals surface area (Å²) in [6, 6.07) is 16.3. The Kier molecular flexibility index (Phi) is 6.13. The fourth-order valence-corrected chi connectivity index (χ4v) is 4.40.